The predicted octanol–water partition coefficient (Wildman–Crippen LogP) is 2.03. The molecule has 1 aliphatic heterocycles. The summed E-state index contributed by atoms with van der Waals surface area (Å²) in [6.45, 7) is 3.25. The van der Waals surface area contributed by atoms with Gasteiger partial charge in [0, 0.05) is 12.7 Å². The summed E-state index contributed by atoms with van der Waals surface area (Å²) in [6, 6.07) is 7.63. The number of anilines is 1. The average molecular weight is 286 g/mol. The number of rotatable bonds is 3. The maximum Gasteiger partial charge on any atom is 0.319 e. The Labute approximate surface area is 123 Å². The van der Waals surface area contributed by atoms with Gasteiger partial charge in [0.05, 0.1) is 17.9 Å². The van der Waals surface area contributed by atoms with E-state index in [0.717, 1.165) is 24.3 Å². The minimum absolute atomic E-state index is 0.0267. The number of fused-ring (bicyclic) bond motifs is 1. The number of amides is 2. The minimum Gasteiger partial charge on any atom is -0.491 e. The Morgan fingerprint density at radius 3 is 3.14 bits per heavy atom. The van der Waals surface area contributed by atoms with Crippen LogP contribution in [0.25, 0.3) is 0 Å². The smallest absolute Gasteiger partial charge is 0.319 e. The molecule has 0 bridgehead atoms. The molecule has 0 spiro atoms. The Kier molecular flexibility index (Phi) is 3.77. The lowest BCUT2D eigenvalue weighted by Gasteiger charge is -2.25. The molecule has 1 aromatic heterocycles. The van der Waals surface area contributed by atoms with Gasteiger partial charge in [-0.2, -0.15) is 5.10 Å². The second kappa shape index (κ2) is 5.87. The quantitative estimate of drug-likeness (QED) is 0.907. The molecule has 110 valence electrons. The zero-order valence-corrected chi connectivity index (χ0v) is 11.9. The maximum absolute atomic E-state index is 12.0. The number of aryl methyl sites for hydroxylation is 1. The molecule has 1 aliphatic rings. The van der Waals surface area contributed by atoms with Crippen molar-refractivity contribution in [3.63, 3.8) is 0 Å². The van der Waals surface area contributed by atoms with Crippen molar-refractivity contribution in [3.8, 4) is 5.75 Å². The van der Waals surface area contributed by atoms with Crippen LogP contribution in [0.2, 0.25) is 0 Å². The largest absolute Gasteiger partial charge is 0.491 e. The third kappa shape index (κ3) is 3.16. The highest BCUT2D eigenvalue weighted by molar-refractivity contribution is 5.89. The molecule has 0 unspecified atom stereocenters. The van der Waals surface area contributed by atoms with E-state index in [1.807, 2.05) is 31.2 Å². The number of urea groups is 1. The summed E-state index contributed by atoms with van der Waals surface area (Å²) in [4.78, 5) is 12.0. The van der Waals surface area contributed by atoms with E-state index in [0.29, 0.717) is 12.3 Å². The second-order valence-corrected chi connectivity index (χ2v) is 5.00. The van der Waals surface area contributed by atoms with Crippen LogP contribution in [-0.4, -0.2) is 28.5 Å². The molecule has 0 radical (unpaired) electrons. The van der Waals surface area contributed by atoms with Gasteiger partial charge < -0.3 is 15.4 Å². The van der Waals surface area contributed by atoms with Crippen LogP contribution in [0, 0.1) is 0 Å². The molecular weight excluding hydrogens is 268 g/mol. The molecule has 0 fully saturated rings. The summed E-state index contributed by atoms with van der Waals surface area (Å²) in [5.74, 6) is 0.903. The molecule has 1 aromatic carbocycles. The third-order valence-corrected chi connectivity index (χ3v) is 3.43. The van der Waals surface area contributed by atoms with Crippen molar-refractivity contribution < 1.29 is 9.53 Å². The van der Waals surface area contributed by atoms with Crippen LogP contribution < -0.4 is 15.4 Å². The van der Waals surface area contributed by atoms with Crippen molar-refractivity contribution in [1.29, 1.82) is 0 Å². The van der Waals surface area contributed by atoms with E-state index >= 15 is 0 Å². The molecule has 21 heavy (non-hydrogen) atoms. The van der Waals surface area contributed by atoms with Crippen molar-refractivity contribution in [1.82, 2.24) is 15.1 Å². The van der Waals surface area contributed by atoms with Gasteiger partial charge in [-0.1, -0.05) is 18.2 Å². The van der Waals surface area contributed by atoms with Gasteiger partial charge in [0.25, 0.3) is 0 Å². The number of carbonyl (C=O) groups excluding carboxylic acids is 1. The molecule has 0 aliphatic carbocycles. The molecule has 2 N–H and O–H groups in total. The van der Waals surface area contributed by atoms with Crippen molar-refractivity contribution in [2.45, 2.75) is 25.9 Å². The molecular formula is C15H18N4O2. The first-order valence-electron chi connectivity index (χ1n) is 7.05. The Morgan fingerprint density at radius 2 is 2.33 bits per heavy atom. The van der Waals surface area contributed by atoms with Crippen molar-refractivity contribution in [2.24, 2.45) is 0 Å². The number of hydrogen-bond donors (Lipinski definition) is 2. The lowest BCUT2D eigenvalue weighted by atomic mass is 10.0. The van der Waals surface area contributed by atoms with Gasteiger partial charge in [0.15, 0.2) is 0 Å². The Bertz CT molecular complexity index is 638. The highest BCUT2D eigenvalue weighted by Gasteiger charge is 2.21. The van der Waals surface area contributed by atoms with Gasteiger partial charge in [-0.3, -0.25) is 4.68 Å². The molecule has 0 saturated heterocycles. The van der Waals surface area contributed by atoms with Gasteiger partial charge >= 0.3 is 6.03 Å². The highest BCUT2D eigenvalue weighted by atomic mass is 16.5. The molecule has 0 saturated carbocycles. The number of nitrogens with zero attached hydrogens (tertiary/aromatic N) is 2. The number of hydrogen-bond acceptors (Lipinski definition) is 3. The first kappa shape index (κ1) is 13.5. The summed E-state index contributed by atoms with van der Waals surface area (Å²) in [5, 5.41) is 9.82. The van der Waals surface area contributed by atoms with E-state index in [4.69, 9.17) is 4.74 Å². The minimum atomic E-state index is -0.237. The van der Waals surface area contributed by atoms with E-state index in [2.05, 4.69) is 15.7 Å². The SMILES string of the molecule is CCn1cc(NC(=O)N[C@@H]2COc3ccccc3C2)cn1. The number of nitrogens with one attached hydrogen (secondary N) is 2. The van der Waals surface area contributed by atoms with E-state index in [9.17, 15) is 4.79 Å². The molecule has 6 nitrogen and oxygen atoms in total. The summed E-state index contributed by atoms with van der Waals surface area (Å²) >= 11 is 0. The van der Waals surface area contributed by atoms with Crippen molar-refractivity contribution >= 4 is 11.7 Å². The van der Waals surface area contributed by atoms with E-state index < -0.39 is 0 Å². The number of carbonyl (C=O) groups is 1. The molecule has 2 aromatic rings. The first-order chi connectivity index (χ1) is 10.2. The normalized spacial score (nSPS) is 16.7. The van der Waals surface area contributed by atoms with Gasteiger partial charge in [-0.05, 0) is 25.0 Å². The fraction of sp³-hybridized carbons (Fsp3) is 0.333. The highest BCUT2D eigenvalue weighted by Crippen LogP contribution is 2.23. The van der Waals surface area contributed by atoms with Crippen molar-refractivity contribution in [2.75, 3.05) is 11.9 Å². The number of aromatic nitrogens is 2. The van der Waals surface area contributed by atoms with Crippen LogP contribution in [0.15, 0.2) is 36.7 Å². The Hall–Kier alpha value is -2.50. The predicted molar refractivity (Wildman–Crippen MR) is 79.5 cm³/mol. The van der Waals surface area contributed by atoms with E-state index in [-0.39, 0.29) is 12.1 Å². The zero-order valence-electron chi connectivity index (χ0n) is 11.9. The summed E-state index contributed by atoms with van der Waals surface area (Å²) in [5.41, 5.74) is 1.80. The topological polar surface area (TPSA) is 68.2 Å². The molecule has 1 atom stereocenters. The standard InChI is InChI=1S/C15H18N4O2/c1-2-19-9-13(8-16-19)18-15(20)17-12-7-11-5-3-4-6-14(11)21-10-12/h3-6,8-9,12H,2,7,10H2,1H3,(H2,17,18,20)/t12-/m0/s1. The van der Waals surface area contributed by atoms with E-state index in [1.165, 1.54) is 0 Å². The fourth-order valence-corrected chi connectivity index (χ4v) is 2.37. The molecule has 2 amide bonds. The molecule has 2 heterocycles. The zero-order chi connectivity index (χ0) is 14.7. The number of para-hydroxylation sites is 1. The van der Waals surface area contributed by atoms with Crippen LogP contribution in [0.5, 0.6) is 5.75 Å². The lowest BCUT2D eigenvalue weighted by molar-refractivity contribution is 0.222. The van der Waals surface area contributed by atoms with Gasteiger partial charge in [0.2, 0.25) is 0 Å². The van der Waals surface area contributed by atoms with Crippen molar-refractivity contribution in [3.05, 3.63) is 42.2 Å². The number of ether oxygens (including phenoxy) is 1. The summed E-state index contributed by atoms with van der Waals surface area (Å²) < 4.78 is 7.41. The third-order valence-electron chi connectivity index (χ3n) is 3.43. The van der Waals surface area contributed by atoms with Gasteiger partial charge in [0.1, 0.15) is 12.4 Å². The average Bonchev–Trinajstić information content (AvgIpc) is 2.94. The summed E-state index contributed by atoms with van der Waals surface area (Å²) in [7, 11) is 0. The van der Waals surface area contributed by atoms with Crippen LogP contribution in [-0.2, 0) is 13.0 Å². The molecule has 3 rings (SSSR count). The summed E-state index contributed by atoms with van der Waals surface area (Å²) in [6.07, 6.45) is 4.21. The molecule has 6 heteroatoms. The van der Waals surface area contributed by atoms with Crippen LogP contribution >= 0.6 is 0 Å². The maximum atomic E-state index is 12.0. The Balaban J connectivity index is 1.56. The Morgan fingerprint density at radius 1 is 1.48 bits per heavy atom. The van der Waals surface area contributed by atoms with Crippen LogP contribution in [0.3, 0.4) is 0 Å². The van der Waals surface area contributed by atoms with Crippen LogP contribution in [0.4, 0.5) is 10.5 Å². The van der Waals surface area contributed by atoms with Gasteiger partial charge in [-0.25, -0.2) is 4.79 Å². The number of benzene rings is 1. The van der Waals surface area contributed by atoms with Crippen LogP contribution in [0.1, 0.15) is 12.5 Å². The van der Waals surface area contributed by atoms with Gasteiger partial charge in [-0.15, -0.1) is 0 Å². The monoisotopic (exact) mass is 286 g/mol. The lowest BCUT2D eigenvalue weighted by Crippen LogP contribution is -2.44. The first-order valence-corrected chi connectivity index (χ1v) is 7.05. The van der Waals surface area contributed by atoms with E-state index in [1.54, 1.807) is 17.1 Å². The fourth-order valence-electron chi connectivity index (χ4n) is 2.37. The second-order valence-electron chi connectivity index (χ2n) is 5.00.